The highest BCUT2D eigenvalue weighted by Gasteiger charge is 2.41. The lowest BCUT2D eigenvalue weighted by atomic mass is 9.96. The molecule has 0 aromatic heterocycles. The highest BCUT2D eigenvalue weighted by atomic mass is 19.4. The Kier molecular flexibility index (Phi) is 3.93. The van der Waals surface area contributed by atoms with E-state index in [1.807, 2.05) is 0 Å². The van der Waals surface area contributed by atoms with Crippen LogP contribution in [0.25, 0.3) is 0 Å². The lowest BCUT2D eigenvalue weighted by Gasteiger charge is -2.27. The first kappa shape index (κ1) is 14.4. The molecule has 1 aliphatic rings. The summed E-state index contributed by atoms with van der Waals surface area (Å²) in [5.74, 6) is 0. The van der Waals surface area contributed by atoms with Crippen molar-refractivity contribution < 1.29 is 27.4 Å². The van der Waals surface area contributed by atoms with E-state index in [0.717, 1.165) is 12.3 Å². The highest BCUT2D eigenvalue weighted by molar-refractivity contribution is 5.65. The molecule has 0 radical (unpaired) electrons. The number of halogens is 3. The fraction of sp³-hybridized carbons (Fsp3) is 0.545. The Bertz CT molecular complexity index is 385. The Morgan fingerprint density at radius 3 is 2.61 bits per heavy atom. The van der Waals surface area contributed by atoms with Crippen molar-refractivity contribution in [1.29, 1.82) is 0 Å². The largest absolute Gasteiger partial charge is 0.484 e. The third-order valence-corrected chi connectivity index (χ3v) is 2.20. The SMILES string of the molecule is CC(C)(CC1=C[C@H](C(F)(F)F)OC=C1)OC(N)=O. The van der Waals surface area contributed by atoms with Crippen LogP contribution in [0.1, 0.15) is 20.3 Å². The van der Waals surface area contributed by atoms with Crippen LogP contribution >= 0.6 is 0 Å². The summed E-state index contributed by atoms with van der Waals surface area (Å²) in [6.07, 6.45) is -3.97. The summed E-state index contributed by atoms with van der Waals surface area (Å²) in [6, 6.07) is 0. The average Bonchev–Trinajstić information content (AvgIpc) is 2.13. The van der Waals surface area contributed by atoms with Gasteiger partial charge in [-0.1, -0.05) is 0 Å². The number of allylic oxidation sites excluding steroid dienone is 1. The Hall–Kier alpha value is -1.66. The maximum atomic E-state index is 12.4. The van der Waals surface area contributed by atoms with Crippen LogP contribution in [-0.2, 0) is 9.47 Å². The number of nitrogens with two attached hydrogens (primary N) is 1. The Morgan fingerprint density at radius 2 is 2.11 bits per heavy atom. The van der Waals surface area contributed by atoms with Gasteiger partial charge >= 0.3 is 12.3 Å². The van der Waals surface area contributed by atoms with Gasteiger partial charge in [-0.25, -0.2) is 4.79 Å². The van der Waals surface area contributed by atoms with Crippen molar-refractivity contribution in [3.63, 3.8) is 0 Å². The standard InChI is InChI=1S/C11H14F3NO3/c1-10(2,18-9(15)16)6-7-3-4-17-8(5-7)11(12,13)14/h3-5,8H,6H2,1-2H3,(H2,15,16)/t8-/m1/s1. The van der Waals surface area contributed by atoms with Crippen molar-refractivity contribution in [3.05, 3.63) is 24.0 Å². The van der Waals surface area contributed by atoms with E-state index in [-0.39, 0.29) is 6.42 Å². The molecule has 0 aromatic carbocycles. The van der Waals surface area contributed by atoms with Crippen molar-refractivity contribution >= 4 is 6.09 Å². The molecule has 1 atom stereocenters. The molecule has 0 spiro atoms. The summed E-state index contributed by atoms with van der Waals surface area (Å²) >= 11 is 0. The van der Waals surface area contributed by atoms with Gasteiger partial charge in [-0.3, -0.25) is 0 Å². The van der Waals surface area contributed by atoms with Gasteiger partial charge in [-0.15, -0.1) is 0 Å². The van der Waals surface area contributed by atoms with Gasteiger partial charge in [0.05, 0.1) is 6.26 Å². The maximum Gasteiger partial charge on any atom is 0.429 e. The first-order valence-corrected chi connectivity index (χ1v) is 5.18. The second kappa shape index (κ2) is 4.91. The first-order valence-electron chi connectivity index (χ1n) is 5.18. The second-order valence-electron chi connectivity index (χ2n) is 4.50. The van der Waals surface area contributed by atoms with Crippen LogP contribution in [0.2, 0.25) is 0 Å². The van der Waals surface area contributed by atoms with E-state index >= 15 is 0 Å². The van der Waals surface area contributed by atoms with Crippen LogP contribution in [0.5, 0.6) is 0 Å². The quantitative estimate of drug-likeness (QED) is 0.853. The van der Waals surface area contributed by atoms with Gasteiger partial charge in [0, 0.05) is 6.42 Å². The molecule has 4 nitrogen and oxygen atoms in total. The van der Waals surface area contributed by atoms with Gasteiger partial charge in [0.1, 0.15) is 5.60 Å². The zero-order valence-corrected chi connectivity index (χ0v) is 9.95. The molecule has 102 valence electrons. The molecule has 2 N–H and O–H groups in total. The lowest BCUT2D eigenvalue weighted by molar-refractivity contribution is -0.190. The van der Waals surface area contributed by atoms with Crippen molar-refractivity contribution in [2.24, 2.45) is 5.73 Å². The first-order chi connectivity index (χ1) is 8.10. The summed E-state index contributed by atoms with van der Waals surface area (Å²) in [5, 5.41) is 0. The van der Waals surface area contributed by atoms with Gasteiger partial charge in [-0.2, -0.15) is 13.2 Å². The molecular formula is C11H14F3NO3. The molecule has 0 bridgehead atoms. The molecule has 0 aromatic rings. The van der Waals surface area contributed by atoms with E-state index in [4.69, 9.17) is 10.5 Å². The number of carbonyl (C=O) groups is 1. The van der Waals surface area contributed by atoms with Crippen LogP contribution in [0.15, 0.2) is 24.0 Å². The number of alkyl halides is 3. The Labute approximate surface area is 102 Å². The lowest BCUT2D eigenvalue weighted by Crippen LogP contribution is -2.33. The summed E-state index contributed by atoms with van der Waals surface area (Å²) in [7, 11) is 0. The van der Waals surface area contributed by atoms with Crippen LogP contribution in [0.3, 0.4) is 0 Å². The molecular weight excluding hydrogens is 251 g/mol. The number of carbonyl (C=O) groups excluding carboxylic acids is 1. The minimum Gasteiger partial charge on any atom is -0.484 e. The molecule has 1 amide bonds. The number of hydrogen-bond donors (Lipinski definition) is 1. The molecule has 0 unspecified atom stereocenters. The number of rotatable bonds is 3. The van der Waals surface area contributed by atoms with Crippen molar-refractivity contribution in [3.8, 4) is 0 Å². The van der Waals surface area contributed by atoms with Crippen molar-refractivity contribution in [2.75, 3.05) is 0 Å². The van der Waals surface area contributed by atoms with E-state index in [0.29, 0.717) is 5.57 Å². The average molecular weight is 265 g/mol. The normalized spacial score (nSPS) is 20.1. The minimum absolute atomic E-state index is 0.113. The van der Waals surface area contributed by atoms with Crippen LogP contribution in [0.4, 0.5) is 18.0 Å². The topological polar surface area (TPSA) is 61.6 Å². The number of primary amides is 1. The number of amides is 1. The molecule has 0 fully saturated rings. The Balaban J connectivity index is 2.75. The molecule has 0 saturated carbocycles. The van der Waals surface area contributed by atoms with Crippen LogP contribution < -0.4 is 5.73 Å². The highest BCUT2D eigenvalue weighted by Crippen LogP contribution is 2.30. The zero-order chi connectivity index (χ0) is 14.0. The maximum absolute atomic E-state index is 12.4. The van der Waals surface area contributed by atoms with Gasteiger partial charge in [0.15, 0.2) is 0 Å². The monoisotopic (exact) mass is 265 g/mol. The van der Waals surface area contributed by atoms with Crippen molar-refractivity contribution in [2.45, 2.75) is 38.1 Å². The molecule has 0 aliphatic carbocycles. The molecule has 1 heterocycles. The Morgan fingerprint density at radius 1 is 1.50 bits per heavy atom. The van der Waals surface area contributed by atoms with E-state index < -0.39 is 24.0 Å². The molecule has 7 heteroatoms. The second-order valence-corrected chi connectivity index (χ2v) is 4.50. The van der Waals surface area contributed by atoms with Crippen LogP contribution in [0, 0.1) is 0 Å². The molecule has 1 rings (SSSR count). The third kappa shape index (κ3) is 4.31. The predicted octanol–water partition coefficient (Wildman–Crippen LogP) is 2.65. The summed E-state index contributed by atoms with van der Waals surface area (Å²) in [5.41, 5.74) is 4.27. The van der Waals surface area contributed by atoms with E-state index in [1.165, 1.54) is 6.08 Å². The summed E-state index contributed by atoms with van der Waals surface area (Å²) in [6.45, 7) is 3.12. The zero-order valence-electron chi connectivity index (χ0n) is 9.95. The summed E-state index contributed by atoms with van der Waals surface area (Å²) < 4.78 is 46.6. The fourth-order valence-electron chi connectivity index (χ4n) is 1.59. The molecule has 1 aliphatic heterocycles. The van der Waals surface area contributed by atoms with Gasteiger partial charge in [0.2, 0.25) is 6.10 Å². The van der Waals surface area contributed by atoms with Gasteiger partial charge in [-0.05, 0) is 31.6 Å². The number of hydrogen-bond acceptors (Lipinski definition) is 3. The van der Waals surface area contributed by atoms with Gasteiger partial charge < -0.3 is 15.2 Å². The van der Waals surface area contributed by atoms with Crippen molar-refractivity contribution in [1.82, 2.24) is 0 Å². The van der Waals surface area contributed by atoms with Crippen LogP contribution in [-0.4, -0.2) is 24.0 Å². The minimum atomic E-state index is -4.47. The number of ether oxygens (including phenoxy) is 2. The van der Waals surface area contributed by atoms with E-state index in [9.17, 15) is 18.0 Å². The predicted molar refractivity (Wildman–Crippen MR) is 57.5 cm³/mol. The fourth-order valence-corrected chi connectivity index (χ4v) is 1.59. The molecule has 18 heavy (non-hydrogen) atoms. The van der Waals surface area contributed by atoms with E-state index in [2.05, 4.69) is 4.74 Å². The molecule has 0 saturated heterocycles. The third-order valence-electron chi connectivity index (χ3n) is 2.20. The smallest absolute Gasteiger partial charge is 0.429 e. The summed E-state index contributed by atoms with van der Waals surface area (Å²) in [4.78, 5) is 10.6. The van der Waals surface area contributed by atoms with E-state index in [1.54, 1.807) is 13.8 Å². The van der Waals surface area contributed by atoms with Gasteiger partial charge in [0.25, 0.3) is 0 Å².